The lowest BCUT2D eigenvalue weighted by Crippen LogP contribution is -2.11. The SMILES string of the molecule is O=C(Oc1ccc(OC(=O)c2ccc3c(c2)C(=O)OC3=O)cc1)c1ccc2c(c1)C(=O)CC2=O. The minimum atomic E-state index is -0.833. The van der Waals surface area contributed by atoms with E-state index in [1.54, 1.807) is 0 Å². The van der Waals surface area contributed by atoms with Gasteiger partial charge in [-0.15, -0.1) is 0 Å². The maximum atomic E-state index is 12.4. The summed E-state index contributed by atoms with van der Waals surface area (Å²) in [6.45, 7) is 0. The number of ketones is 2. The minimum Gasteiger partial charge on any atom is -0.423 e. The van der Waals surface area contributed by atoms with Crippen LogP contribution in [0, 0.1) is 0 Å². The number of hydrogen-bond donors (Lipinski definition) is 0. The zero-order valence-corrected chi connectivity index (χ0v) is 17.2. The third-order valence-electron chi connectivity index (χ3n) is 5.30. The zero-order chi connectivity index (χ0) is 24.0. The Morgan fingerprint density at radius 2 is 1.06 bits per heavy atom. The number of fused-ring (bicyclic) bond motifs is 2. The molecule has 3 aromatic rings. The molecule has 166 valence electrons. The number of benzene rings is 3. The lowest BCUT2D eigenvalue weighted by atomic mass is 10.1. The summed E-state index contributed by atoms with van der Waals surface area (Å²) < 4.78 is 15.0. The van der Waals surface area contributed by atoms with E-state index in [9.17, 15) is 28.8 Å². The van der Waals surface area contributed by atoms with Gasteiger partial charge in [0, 0.05) is 11.1 Å². The largest absolute Gasteiger partial charge is 0.423 e. The van der Waals surface area contributed by atoms with E-state index in [0.717, 1.165) is 0 Å². The summed E-state index contributed by atoms with van der Waals surface area (Å²) in [5.41, 5.74) is 0.716. The number of Topliss-reactive ketones (excluding diaryl/α,β-unsaturated/α-hetero) is 2. The number of cyclic esters (lactones) is 2. The molecule has 0 atom stereocenters. The van der Waals surface area contributed by atoms with Gasteiger partial charge in [-0.1, -0.05) is 0 Å². The molecule has 34 heavy (non-hydrogen) atoms. The molecule has 0 spiro atoms. The highest BCUT2D eigenvalue weighted by atomic mass is 16.6. The number of hydrogen-bond acceptors (Lipinski definition) is 9. The average Bonchev–Trinajstić information content (AvgIpc) is 3.28. The predicted octanol–water partition coefficient (Wildman–Crippen LogP) is 3.20. The van der Waals surface area contributed by atoms with Gasteiger partial charge in [0.1, 0.15) is 11.5 Å². The molecule has 0 radical (unpaired) electrons. The van der Waals surface area contributed by atoms with E-state index < -0.39 is 23.9 Å². The molecular formula is C25H12O9. The molecule has 2 aliphatic rings. The summed E-state index contributed by atoms with van der Waals surface area (Å²) in [6, 6.07) is 13.6. The molecule has 0 saturated heterocycles. The monoisotopic (exact) mass is 456 g/mol. The van der Waals surface area contributed by atoms with Crippen LogP contribution in [0.1, 0.15) is 68.6 Å². The van der Waals surface area contributed by atoms with Crippen molar-refractivity contribution in [2.45, 2.75) is 6.42 Å². The van der Waals surface area contributed by atoms with Crippen molar-refractivity contribution < 1.29 is 43.0 Å². The fourth-order valence-corrected chi connectivity index (χ4v) is 3.60. The molecule has 5 rings (SSSR count). The van der Waals surface area contributed by atoms with Gasteiger partial charge in [-0.25, -0.2) is 19.2 Å². The highest BCUT2D eigenvalue weighted by Crippen LogP contribution is 2.25. The van der Waals surface area contributed by atoms with Gasteiger partial charge in [-0.3, -0.25) is 9.59 Å². The molecule has 0 unspecified atom stereocenters. The molecule has 0 saturated carbocycles. The number of ether oxygens (including phenoxy) is 3. The second-order valence-corrected chi connectivity index (χ2v) is 7.47. The Balaban J connectivity index is 1.26. The van der Waals surface area contributed by atoms with Crippen LogP contribution in [0.2, 0.25) is 0 Å². The Labute approximate surface area is 190 Å². The van der Waals surface area contributed by atoms with E-state index in [1.165, 1.54) is 60.7 Å². The van der Waals surface area contributed by atoms with Crippen LogP contribution in [0.4, 0.5) is 0 Å². The van der Waals surface area contributed by atoms with E-state index in [4.69, 9.17) is 9.47 Å². The first-order chi connectivity index (χ1) is 16.3. The third kappa shape index (κ3) is 3.65. The van der Waals surface area contributed by atoms with Crippen LogP contribution in [0.15, 0.2) is 60.7 Å². The summed E-state index contributed by atoms with van der Waals surface area (Å²) in [4.78, 5) is 71.6. The second kappa shape index (κ2) is 7.89. The van der Waals surface area contributed by atoms with Gasteiger partial charge in [0.25, 0.3) is 0 Å². The van der Waals surface area contributed by atoms with Gasteiger partial charge in [-0.2, -0.15) is 0 Å². The zero-order valence-electron chi connectivity index (χ0n) is 17.2. The van der Waals surface area contributed by atoms with Crippen molar-refractivity contribution in [3.05, 3.63) is 94.0 Å². The summed E-state index contributed by atoms with van der Waals surface area (Å²) >= 11 is 0. The van der Waals surface area contributed by atoms with Crippen molar-refractivity contribution >= 4 is 35.4 Å². The van der Waals surface area contributed by atoms with E-state index in [0.29, 0.717) is 5.56 Å². The minimum absolute atomic E-state index is 0.0145. The van der Waals surface area contributed by atoms with Crippen molar-refractivity contribution in [1.29, 1.82) is 0 Å². The van der Waals surface area contributed by atoms with Crippen LogP contribution >= 0.6 is 0 Å². The maximum Gasteiger partial charge on any atom is 0.346 e. The quantitative estimate of drug-likeness (QED) is 0.330. The van der Waals surface area contributed by atoms with E-state index in [1.807, 2.05) is 0 Å². The molecular weight excluding hydrogens is 444 g/mol. The number of esters is 4. The van der Waals surface area contributed by atoms with Gasteiger partial charge in [-0.05, 0) is 60.7 Å². The first kappa shape index (κ1) is 21.0. The Morgan fingerprint density at radius 1 is 0.588 bits per heavy atom. The van der Waals surface area contributed by atoms with Crippen molar-refractivity contribution in [2.24, 2.45) is 0 Å². The Hall–Kier alpha value is -4.92. The molecule has 1 aliphatic heterocycles. The van der Waals surface area contributed by atoms with Gasteiger partial charge in [0.15, 0.2) is 11.6 Å². The summed E-state index contributed by atoms with van der Waals surface area (Å²) in [5, 5.41) is 0. The first-order valence-electron chi connectivity index (χ1n) is 9.95. The normalized spacial score (nSPS) is 13.9. The number of carbonyl (C=O) groups excluding carboxylic acids is 6. The standard InChI is InChI=1S/C25H12O9/c26-20-11-21(27)18-9-12(1-7-16(18)20)22(28)32-14-3-5-15(6-4-14)33-23(29)13-2-8-17-19(10-13)25(31)34-24(17)30/h1-10H,11H2. The van der Waals surface area contributed by atoms with Crippen molar-refractivity contribution in [1.82, 2.24) is 0 Å². The van der Waals surface area contributed by atoms with E-state index in [2.05, 4.69) is 4.74 Å². The summed E-state index contributed by atoms with van der Waals surface area (Å²) in [7, 11) is 0. The van der Waals surface area contributed by atoms with Gasteiger partial charge >= 0.3 is 23.9 Å². The molecule has 0 fully saturated rings. The molecule has 0 aromatic heterocycles. The molecule has 0 amide bonds. The Kier molecular flexibility index (Phi) is 4.86. The highest BCUT2D eigenvalue weighted by Gasteiger charge is 2.31. The smallest absolute Gasteiger partial charge is 0.346 e. The highest BCUT2D eigenvalue weighted by molar-refractivity contribution is 6.24. The summed E-state index contributed by atoms with van der Waals surface area (Å²) in [5.74, 6) is -3.41. The van der Waals surface area contributed by atoms with Crippen LogP contribution < -0.4 is 9.47 Å². The summed E-state index contributed by atoms with van der Waals surface area (Å²) in [6.07, 6.45) is -0.207. The predicted molar refractivity (Wildman–Crippen MR) is 112 cm³/mol. The molecule has 9 heteroatoms. The Bertz CT molecular complexity index is 1340. The lowest BCUT2D eigenvalue weighted by Gasteiger charge is -2.08. The van der Waals surface area contributed by atoms with Gasteiger partial charge in [0.05, 0.1) is 28.7 Å². The van der Waals surface area contributed by atoms with Gasteiger partial charge < -0.3 is 14.2 Å². The van der Waals surface area contributed by atoms with Crippen LogP contribution in [0.5, 0.6) is 11.5 Å². The van der Waals surface area contributed by atoms with Gasteiger partial charge in [0.2, 0.25) is 0 Å². The number of rotatable bonds is 4. The fourth-order valence-electron chi connectivity index (χ4n) is 3.60. The van der Waals surface area contributed by atoms with Crippen LogP contribution in [-0.4, -0.2) is 35.4 Å². The van der Waals surface area contributed by atoms with E-state index >= 15 is 0 Å². The molecule has 1 aliphatic carbocycles. The maximum absolute atomic E-state index is 12.4. The van der Waals surface area contributed by atoms with Crippen LogP contribution in [-0.2, 0) is 4.74 Å². The van der Waals surface area contributed by atoms with Crippen LogP contribution in [0.25, 0.3) is 0 Å². The molecule has 1 heterocycles. The number of carbonyl (C=O) groups is 6. The first-order valence-corrected chi connectivity index (χ1v) is 9.95. The molecule has 3 aromatic carbocycles. The second-order valence-electron chi connectivity index (χ2n) is 7.47. The van der Waals surface area contributed by atoms with E-state index in [-0.39, 0.29) is 57.3 Å². The topological polar surface area (TPSA) is 130 Å². The van der Waals surface area contributed by atoms with Crippen LogP contribution in [0.3, 0.4) is 0 Å². The van der Waals surface area contributed by atoms with Crippen molar-refractivity contribution in [3.63, 3.8) is 0 Å². The lowest BCUT2D eigenvalue weighted by molar-refractivity contribution is 0.0442. The Morgan fingerprint density at radius 3 is 1.65 bits per heavy atom. The average molecular weight is 456 g/mol. The van der Waals surface area contributed by atoms with Crippen molar-refractivity contribution in [2.75, 3.05) is 0 Å². The molecule has 0 N–H and O–H groups in total. The fraction of sp³-hybridized carbons (Fsp3) is 0.0400. The third-order valence-corrected chi connectivity index (χ3v) is 5.30. The molecule has 0 bridgehead atoms. The van der Waals surface area contributed by atoms with Crippen molar-refractivity contribution in [3.8, 4) is 11.5 Å². The molecule has 9 nitrogen and oxygen atoms in total.